The maximum atomic E-state index is 6.38. The van der Waals surface area contributed by atoms with Crippen molar-refractivity contribution in [3.05, 3.63) is 25.3 Å². The van der Waals surface area contributed by atoms with Crippen LogP contribution in [-0.2, 0) is 4.74 Å². The molecule has 0 amide bonds. The minimum absolute atomic E-state index is 0.337. The van der Waals surface area contributed by atoms with Crippen molar-refractivity contribution >= 4 is 31.9 Å². The van der Waals surface area contributed by atoms with Crippen molar-refractivity contribution in [2.75, 3.05) is 10.7 Å². The second-order valence-electron chi connectivity index (χ2n) is 6.21. The topological polar surface area (TPSA) is 9.23 Å². The Hall–Kier alpha value is 0.400. The van der Waals surface area contributed by atoms with Gasteiger partial charge in [0.05, 0.1) is 12.2 Å². The summed E-state index contributed by atoms with van der Waals surface area (Å²) in [6, 6.07) is 0. The molecule has 0 saturated heterocycles. The van der Waals surface area contributed by atoms with E-state index in [-0.39, 0.29) is 0 Å². The summed E-state index contributed by atoms with van der Waals surface area (Å²) in [4.78, 5) is 0. The fraction of sp³-hybridized carbons (Fsp3) is 0.800. The Morgan fingerprint density at radius 1 is 0.652 bits per heavy atom. The van der Waals surface area contributed by atoms with Crippen LogP contribution in [0.15, 0.2) is 25.3 Å². The lowest BCUT2D eigenvalue weighted by Crippen LogP contribution is -2.22. The van der Waals surface area contributed by atoms with Crippen LogP contribution in [0.4, 0.5) is 0 Å². The normalized spacial score (nSPS) is 13.7. The number of hydrogen-bond acceptors (Lipinski definition) is 1. The van der Waals surface area contributed by atoms with Crippen LogP contribution in [0.1, 0.15) is 77.0 Å². The predicted octanol–water partition coefficient (Wildman–Crippen LogP) is 7.58. The molecule has 23 heavy (non-hydrogen) atoms. The van der Waals surface area contributed by atoms with E-state index in [0.29, 0.717) is 12.2 Å². The minimum Gasteiger partial charge on any atom is -0.374 e. The van der Waals surface area contributed by atoms with Crippen LogP contribution in [-0.4, -0.2) is 22.9 Å². The third kappa shape index (κ3) is 15.7. The van der Waals surface area contributed by atoms with Gasteiger partial charge in [-0.1, -0.05) is 82.5 Å². The molecule has 0 fully saturated rings. The molecule has 0 aromatic heterocycles. The van der Waals surface area contributed by atoms with E-state index in [1.165, 1.54) is 51.4 Å². The molecule has 0 aliphatic carbocycles. The van der Waals surface area contributed by atoms with Crippen molar-refractivity contribution in [2.45, 2.75) is 89.3 Å². The fourth-order valence-electron chi connectivity index (χ4n) is 2.77. The summed E-state index contributed by atoms with van der Waals surface area (Å²) in [5, 5.41) is 2.24. The number of halogens is 2. The van der Waals surface area contributed by atoms with Crippen molar-refractivity contribution in [1.82, 2.24) is 0 Å². The molecule has 0 rings (SSSR count). The maximum Gasteiger partial charge on any atom is 0.0613 e. The Morgan fingerprint density at radius 2 is 1.04 bits per heavy atom. The second-order valence-corrected chi connectivity index (χ2v) is 7.80. The molecule has 3 heteroatoms. The van der Waals surface area contributed by atoms with Crippen LogP contribution in [0.5, 0.6) is 0 Å². The standard InChI is InChI=1S/C20H36Br2O/c1-3-13-19(15-9-5-7-11-17-21)23-20(14-4-2)16-10-6-8-12-18-22/h3-4,19-20H,1-2,5-18H2. The molecule has 0 spiro atoms. The first-order valence-corrected chi connectivity index (χ1v) is 11.5. The average molecular weight is 452 g/mol. The first-order chi connectivity index (χ1) is 11.3. The van der Waals surface area contributed by atoms with Gasteiger partial charge in [-0.3, -0.25) is 0 Å². The van der Waals surface area contributed by atoms with Gasteiger partial charge in [0.1, 0.15) is 0 Å². The molecule has 2 atom stereocenters. The Labute approximate surface area is 161 Å². The number of hydrogen-bond donors (Lipinski definition) is 0. The first kappa shape index (κ1) is 23.4. The van der Waals surface area contributed by atoms with Gasteiger partial charge in [0.25, 0.3) is 0 Å². The molecule has 0 saturated carbocycles. The third-order valence-corrected chi connectivity index (χ3v) is 5.18. The molecule has 0 aromatic rings. The van der Waals surface area contributed by atoms with Crippen molar-refractivity contribution in [1.29, 1.82) is 0 Å². The molecule has 0 N–H and O–H groups in total. The summed E-state index contributed by atoms with van der Waals surface area (Å²) in [6.07, 6.45) is 19.3. The molecular formula is C20H36Br2O. The van der Waals surface area contributed by atoms with Crippen molar-refractivity contribution in [3.8, 4) is 0 Å². The number of alkyl halides is 2. The SMILES string of the molecule is C=CCC(CCCCCCBr)OC(CC=C)CCCCCCBr. The van der Waals surface area contributed by atoms with Crippen LogP contribution in [0.25, 0.3) is 0 Å². The largest absolute Gasteiger partial charge is 0.374 e. The summed E-state index contributed by atoms with van der Waals surface area (Å²) in [5.74, 6) is 0. The van der Waals surface area contributed by atoms with E-state index in [4.69, 9.17) is 4.74 Å². The highest BCUT2D eigenvalue weighted by molar-refractivity contribution is 9.09. The summed E-state index contributed by atoms with van der Waals surface area (Å²) in [7, 11) is 0. The van der Waals surface area contributed by atoms with Crippen molar-refractivity contribution < 1.29 is 4.74 Å². The molecule has 1 nitrogen and oxygen atoms in total. The van der Waals surface area contributed by atoms with E-state index in [1.807, 2.05) is 12.2 Å². The summed E-state index contributed by atoms with van der Waals surface area (Å²) >= 11 is 6.99. The van der Waals surface area contributed by atoms with Crippen molar-refractivity contribution in [3.63, 3.8) is 0 Å². The lowest BCUT2D eigenvalue weighted by Gasteiger charge is -2.24. The van der Waals surface area contributed by atoms with Crippen LogP contribution in [0, 0.1) is 0 Å². The average Bonchev–Trinajstić information content (AvgIpc) is 2.54. The van der Waals surface area contributed by atoms with E-state index in [9.17, 15) is 0 Å². The molecule has 0 aliphatic rings. The lowest BCUT2D eigenvalue weighted by atomic mass is 10.0. The van der Waals surface area contributed by atoms with Crippen molar-refractivity contribution in [2.24, 2.45) is 0 Å². The Balaban J connectivity index is 4.07. The molecule has 0 aliphatic heterocycles. The van der Waals surface area contributed by atoms with Gasteiger partial charge in [0, 0.05) is 10.7 Å². The Bertz CT molecular complexity index is 242. The number of rotatable bonds is 18. The lowest BCUT2D eigenvalue weighted by molar-refractivity contribution is -0.0190. The molecule has 2 unspecified atom stereocenters. The van der Waals surface area contributed by atoms with Gasteiger partial charge < -0.3 is 4.74 Å². The van der Waals surface area contributed by atoms with Crippen LogP contribution >= 0.6 is 31.9 Å². The predicted molar refractivity (Wildman–Crippen MR) is 112 cm³/mol. The van der Waals surface area contributed by atoms with Gasteiger partial charge in [-0.15, -0.1) is 13.2 Å². The van der Waals surface area contributed by atoms with E-state index in [2.05, 4.69) is 45.0 Å². The van der Waals surface area contributed by atoms with E-state index in [1.54, 1.807) is 0 Å². The number of ether oxygens (including phenoxy) is 1. The molecule has 0 heterocycles. The minimum atomic E-state index is 0.337. The van der Waals surface area contributed by atoms with Gasteiger partial charge in [-0.25, -0.2) is 0 Å². The Morgan fingerprint density at radius 3 is 1.39 bits per heavy atom. The monoisotopic (exact) mass is 450 g/mol. The van der Waals surface area contributed by atoms with Gasteiger partial charge in [0.2, 0.25) is 0 Å². The smallest absolute Gasteiger partial charge is 0.0613 e. The highest BCUT2D eigenvalue weighted by Gasteiger charge is 2.14. The maximum absolute atomic E-state index is 6.38. The molecule has 0 aromatic carbocycles. The van der Waals surface area contributed by atoms with Crippen LogP contribution in [0.2, 0.25) is 0 Å². The highest BCUT2D eigenvalue weighted by Crippen LogP contribution is 2.19. The zero-order valence-electron chi connectivity index (χ0n) is 14.8. The first-order valence-electron chi connectivity index (χ1n) is 9.27. The van der Waals surface area contributed by atoms with Gasteiger partial charge >= 0.3 is 0 Å². The van der Waals surface area contributed by atoms with Gasteiger partial charge in [0.15, 0.2) is 0 Å². The van der Waals surface area contributed by atoms with E-state index >= 15 is 0 Å². The van der Waals surface area contributed by atoms with E-state index < -0.39 is 0 Å². The molecular weight excluding hydrogens is 416 g/mol. The van der Waals surface area contributed by atoms with Gasteiger partial charge in [-0.2, -0.15) is 0 Å². The quantitative estimate of drug-likeness (QED) is 0.118. The number of unbranched alkanes of at least 4 members (excludes halogenated alkanes) is 6. The Kier molecular flexibility index (Phi) is 19.1. The fourth-order valence-corrected chi connectivity index (χ4v) is 3.56. The molecule has 136 valence electrons. The van der Waals surface area contributed by atoms with Crippen LogP contribution < -0.4 is 0 Å². The summed E-state index contributed by atoms with van der Waals surface area (Å²) in [6.45, 7) is 7.79. The summed E-state index contributed by atoms with van der Waals surface area (Å²) < 4.78 is 6.38. The van der Waals surface area contributed by atoms with E-state index in [0.717, 1.165) is 36.3 Å². The molecule has 0 bridgehead atoms. The highest BCUT2D eigenvalue weighted by atomic mass is 79.9. The van der Waals surface area contributed by atoms with Crippen LogP contribution in [0.3, 0.4) is 0 Å². The van der Waals surface area contributed by atoms with Gasteiger partial charge in [-0.05, 0) is 38.5 Å². The third-order valence-electron chi connectivity index (χ3n) is 4.06. The summed E-state index contributed by atoms with van der Waals surface area (Å²) in [5.41, 5.74) is 0. The zero-order chi connectivity index (χ0) is 17.2. The second kappa shape index (κ2) is 18.7. The molecule has 0 radical (unpaired) electrons. The zero-order valence-corrected chi connectivity index (χ0v) is 18.0.